The second-order valence-electron chi connectivity index (χ2n) is 3.43. The number of esters is 1. The van der Waals surface area contributed by atoms with Crippen molar-refractivity contribution in [3.63, 3.8) is 0 Å². The zero-order valence-corrected chi connectivity index (χ0v) is 8.62. The molecule has 0 aliphatic carbocycles. The average Bonchev–Trinajstić information content (AvgIpc) is 2.27. The molecule has 0 aromatic heterocycles. The minimum Gasteiger partial charge on any atom is -0.480 e. The third-order valence-corrected chi connectivity index (χ3v) is 2.55. The fraction of sp³-hybridized carbons (Fsp3) is 0.778. The van der Waals surface area contributed by atoms with Crippen molar-refractivity contribution in [2.24, 2.45) is 0 Å². The fourth-order valence-electron chi connectivity index (χ4n) is 1.50. The van der Waals surface area contributed by atoms with Gasteiger partial charge in [0.2, 0.25) is 0 Å². The highest BCUT2D eigenvalue weighted by Crippen LogP contribution is 2.20. The molecular formula is C9H15NO5. The monoisotopic (exact) mass is 217 g/mol. The van der Waals surface area contributed by atoms with Crippen molar-refractivity contribution in [1.82, 2.24) is 5.32 Å². The largest absolute Gasteiger partial charge is 0.480 e. The number of methoxy groups -OCH3 is 1. The highest BCUT2D eigenvalue weighted by Gasteiger charge is 2.40. The van der Waals surface area contributed by atoms with Crippen molar-refractivity contribution >= 4 is 11.9 Å². The minimum atomic E-state index is -1.05. The van der Waals surface area contributed by atoms with Gasteiger partial charge in [0.25, 0.3) is 0 Å². The lowest BCUT2D eigenvalue weighted by Crippen LogP contribution is -2.56. The quantitative estimate of drug-likeness (QED) is 0.611. The molecule has 15 heavy (non-hydrogen) atoms. The second-order valence-corrected chi connectivity index (χ2v) is 3.43. The second kappa shape index (κ2) is 5.09. The molecule has 6 nitrogen and oxygen atoms in total. The minimum absolute atomic E-state index is 0.0944. The Kier molecular flexibility index (Phi) is 4.05. The normalized spacial score (nSPS) is 19.5. The molecule has 86 valence electrons. The van der Waals surface area contributed by atoms with Crippen LogP contribution in [0.3, 0.4) is 0 Å². The Balaban J connectivity index is 2.57. The van der Waals surface area contributed by atoms with Gasteiger partial charge in [-0.3, -0.25) is 14.9 Å². The SMILES string of the molecule is COC(=O)CNC1(C(=O)O)CCOCC1. The van der Waals surface area contributed by atoms with Crippen molar-refractivity contribution in [2.75, 3.05) is 26.9 Å². The summed E-state index contributed by atoms with van der Waals surface area (Å²) in [5, 5.41) is 11.8. The first-order chi connectivity index (χ1) is 7.10. The van der Waals surface area contributed by atoms with Crippen molar-refractivity contribution < 1.29 is 24.2 Å². The van der Waals surface area contributed by atoms with Crippen LogP contribution in [0.2, 0.25) is 0 Å². The highest BCUT2D eigenvalue weighted by atomic mass is 16.5. The first-order valence-corrected chi connectivity index (χ1v) is 4.74. The van der Waals surface area contributed by atoms with Crippen LogP contribution in [0.5, 0.6) is 0 Å². The van der Waals surface area contributed by atoms with Crippen LogP contribution < -0.4 is 5.32 Å². The summed E-state index contributed by atoms with van der Waals surface area (Å²) in [5.74, 6) is -1.42. The molecule has 1 heterocycles. The van der Waals surface area contributed by atoms with E-state index >= 15 is 0 Å². The lowest BCUT2D eigenvalue weighted by molar-refractivity contribution is -0.150. The molecule has 0 bridgehead atoms. The van der Waals surface area contributed by atoms with Gasteiger partial charge in [-0.25, -0.2) is 0 Å². The summed E-state index contributed by atoms with van der Waals surface area (Å²) in [6.45, 7) is 0.684. The number of ether oxygens (including phenoxy) is 2. The molecule has 1 aliphatic rings. The molecule has 0 aromatic rings. The van der Waals surface area contributed by atoms with Crippen LogP contribution in [0.15, 0.2) is 0 Å². The number of aliphatic carboxylic acids is 1. The van der Waals surface area contributed by atoms with Gasteiger partial charge in [-0.2, -0.15) is 0 Å². The summed E-state index contributed by atoms with van der Waals surface area (Å²) < 4.78 is 9.53. The summed E-state index contributed by atoms with van der Waals surface area (Å²) in [4.78, 5) is 22.0. The summed E-state index contributed by atoms with van der Waals surface area (Å²) >= 11 is 0. The van der Waals surface area contributed by atoms with Crippen molar-refractivity contribution in [2.45, 2.75) is 18.4 Å². The van der Waals surface area contributed by atoms with E-state index < -0.39 is 17.5 Å². The van der Waals surface area contributed by atoms with Gasteiger partial charge in [-0.15, -0.1) is 0 Å². The van der Waals surface area contributed by atoms with E-state index in [2.05, 4.69) is 10.1 Å². The Morgan fingerprint density at radius 1 is 1.47 bits per heavy atom. The summed E-state index contributed by atoms with van der Waals surface area (Å²) in [6.07, 6.45) is 0.721. The number of carbonyl (C=O) groups is 2. The summed E-state index contributed by atoms with van der Waals surface area (Å²) in [5.41, 5.74) is -1.05. The van der Waals surface area contributed by atoms with Gasteiger partial charge in [-0.05, 0) is 12.8 Å². The molecule has 1 rings (SSSR count). The third-order valence-electron chi connectivity index (χ3n) is 2.55. The lowest BCUT2D eigenvalue weighted by atomic mass is 9.90. The molecule has 6 heteroatoms. The van der Waals surface area contributed by atoms with Crippen molar-refractivity contribution in [3.05, 3.63) is 0 Å². The van der Waals surface area contributed by atoms with E-state index in [1.54, 1.807) is 0 Å². The van der Waals surface area contributed by atoms with Gasteiger partial charge < -0.3 is 14.6 Å². The number of carboxylic acids is 1. The standard InChI is InChI=1S/C9H15NO5/c1-14-7(11)6-10-9(8(12)13)2-4-15-5-3-9/h10H,2-6H2,1H3,(H,12,13). The fourth-order valence-corrected chi connectivity index (χ4v) is 1.50. The van der Waals surface area contributed by atoms with Crippen LogP contribution in [0.4, 0.5) is 0 Å². The van der Waals surface area contributed by atoms with Gasteiger partial charge in [0.05, 0.1) is 13.7 Å². The number of carbonyl (C=O) groups excluding carboxylic acids is 1. The first kappa shape index (κ1) is 11.9. The Morgan fingerprint density at radius 2 is 2.07 bits per heavy atom. The van der Waals surface area contributed by atoms with E-state index in [0.717, 1.165) is 0 Å². The van der Waals surface area contributed by atoms with Gasteiger partial charge in [0, 0.05) is 13.2 Å². The van der Waals surface area contributed by atoms with Gasteiger partial charge in [0.1, 0.15) is 5.54 Å². The number of carboxylic acid groups (broad SMARTS) is 1. The van der Waals surface area contributed by atoms with Crippen LogP contribution in [0, 0.1) is 0 Å². The zero-order valence-electron chi connectivity index (χ0n) is 8.62. The zero-order chi connectivity index (χ0) is 11.3. The van der Waals surface area contributed by atoms with Crippen LogP contribution >= 0.6 is 0 Å². The predicted octanol–water partition coefficient (Wildman–Crippen LogP) is -0.617. The van der Waals surface area contributed by atoms with Crippen molar-refractivity contribution in [1.29, 1.82) is 0 Å². The summed E-state index contributed by atoms with van der Waals surface area (Å²) in [6, 6.07) is 0. The molecule has 0 spiro atoms. The first-order valence-electron chi connectivity index (χ1n) is 4.74. The Bertz CT molecular complexity index is 247. The molecule has 1 aliphatic heterocycles. The smallest absolute Gasteiger partial charge is 0.324 e. The van der Waals surface area contributed by atoms with E-state index in [1.165, 1.54) is 7.11 Å². The maximum absolute atomic E-state index is 11.1. The molecule has 0 atom stereocenters. The van der Waals surface area contributed by atoms with E-state index in [-0.39, 0.29) is 6.54 Å². The molecule has 2 N–H and O–H groups in total. The van der Waals surface area contributed by atoms with Crippen LogP contribution in [-0.4, -0.2) is 49.5 Å². The van der Waals surface area contributed by atoms with E-state index in [9.17, 15) is 9.59 Å². The van der Waals surface area contributed by atoms with Crippen molar-refractivity contribution in [3.8, 4) is 0 Å². The van der Waals surface area contributed by atoms with Gasteiger partial charge >= 0.3 is 11.9 Å². The Labute approximate surface area is 87.5 Å². The Morgan fingerprint density at radius 3 is 2.53 bits per heavy atom. The number of rotatable bonds is 4. The van der Waals surface area contributed by atoms with Gasteiger partial charge in [0.15, 0.2) is 0 Å². The van der Waals surface area contributed by atoms with E-state index in [1.807, 2.05) is 0 Å². The van der Waals surface area contributed by atoms with Gasteiger partial charge in [-0.1, -0.05) is 0 Å². The average molecular weight is 217 g/mol. The van der Waals surface area contributed by atoms with E-state index in [4.69, 9.17) is 9.84 Å². The maximum atomic E-state index is 11.1. The molecule has 1 fully saturated rings. The Hall–Kier alpha value is -1.14. The molecular weight excluding hydrogens is 202 g/mol. The predicted molar refractivity (Wildman–Crippen MR) is 50.4 cm³/mol. The molecule has 0 radical (unpaired) electrons. The van der Waals surface area contributed by atoms with Crippen LogP contribution in [0.1, 0.15) is 12.8 Å². The molecule has 0 aromatic carbocycles. The number of hydrogen-bond acceptors (Lipinski definition) is 5. The van der Waals surface area contributed by atoms with E-state index in [0.29, 0.717) is 26.1 Å². The molecule has 0 saturated carbocycles. The maximum Gasteiger partial charge on any atom is 0.324 e. The van der Waals surface area contributed by atoms with Crippen LogP contribution in [-0.2, 0) is 19.1 Å². The van der Waals surface area contributed by atoms with Crippen LogP contribution in [0.25, 0.3) is 0 Å². The molecule has 0 amide bonds. The summed E-state index contributed by atoms with van der Waals surface area (Å²) in [7, 11) is 1.27. The third kappa shape index (κ3) is 2.90. The molecule has 0 unspecified atom stereocenters. The highest BCUT2D eigenvalue weighted by molar-refractivity contribution is 5.80. The molecule has 1 saturated heterocycles. The number of nitrogens with one attached hydrogen (secondary N) is 1. The topological polar surface area (TPSA) is 84.9 Å². The number of hydrogen-bond donors (Lipinski definition) is 2. The lowest BCUT2D eigenvalue weighted by Gasteiger charge is -2.33.